The van der Waals surface area contributed by atoms with Crippen LogP contribution >= 0.6 is 0 Å². The number of amides is 3. The summed E-state index contributed by atoms with van der Waals surface area (Å²) in [4.78, 5) is 61.9. The lowest BCUT2D eigenvalue weighted by atomic mass is 10.1. The first kappa shape index (κ1) is 26.8. The van der Waals surface area contributed by atoms with E-state index in [9.17, 15) is 24.3 Å². The summed E-state index contributed by atoms with van der Waals surface area (Å²) in [6, 6.07) is 10.0. The molecule has 38 heavy (non-hydrogen) atoms. The first-order valence-corrected chi connectivity index (χ1v) is 12.8. The van der Waals surface area contributed by atoms with Gasteiger partial charge >= 0.3 is 12.1 Å². The minimum atomic E-state index is -1.08. The van der Waals surface area contributed by atoms with E-state index in [1.165, 1.54) is 15.9 Å². The van der Waals surface area contributed by atoms with Crippen molar-refractivity contribution in [2.24, 2.45) is 0 Å². The fraction of sp³-hybridized carbons (Fsp3) is 0.462. The molecule has 1 aromatic heterocycles. The zero-order valence-electron chi connectivity index (χ0n) is 21.3. The normalized spacial score (nSPS) is 15.9. The van der Waals surface area contributed by atoms with E-state index in [2.05, 4.69) is 20.6 Å². The number of ether oxygens (including phenoxy) is 1. The minimum Gasteiger partial charge on any atom is -0.481 e. The molecular formula is C26H32N6O6. The second-order valence-corrected chi connectivity index (χ2v) is 9.22. The van der Waals surface area contributed by atoms with Gasteiger partial charge in [-0.2, -0.15) is 0 Å². The summed E-state index contributed by atoms with van der Waals surface area (Å²) in [6.45, 7) is 3.04. The van der Waals surface area contributed by atoms with Gasteiger partial charge in [-0.15, -0.1) is 0 Å². The molecule has 1 saturated heterocycles. The predicted molar refractivity (Wildman–Crippen MR) is 137 cm³/mol. The Balaban J connectivity index is 1.50. The molecule has 1 aliphatic carbocycles. The van der Waals surface area contributed by atoms with E-state index in [1.807, 2.05) is 30.3 Å². The molecule has 3 N–H and O–H groups in total. The number of piperazine rings is 1. The van der Waals surface area contributed by atoms with Gasteiger partial charge in [0, 0.05) is 50.3 Å². The number of aliphatic carboxylic acids is 1. The van der Waals surface area contributed by atoms with E-state index in [4.69, 9.17) is 4.74 Å². The molecule has 1 atom stereocenters. The summed E-state index contributed by atoms with van der Waals surface area (Å²) in [7, 11) is 0. The van der Waals surface area contributed by atoms with Crippen LogP contribution in [0.25, 0.3) is 11.4 Å². The summed E-state index contributed by atoms with van der Waals surface area (Å²) in [5.41, 5.74) is 0.807. The molecule has 1 aliphatic heterocycles. The van der Waals surface area contributed by atoms with E-state index in [1.54, 1.807) is 6.92 Å². The van der Waals surface area contributed by atoms with Crippen molar-refractivity contribution in [3.05, 3.63) is 42.1 Å². The lowest BCUT2D eigenvalue weighted by Crippen LogP contribution is -2.56. The van der Waals surface area contributed by atoms with Crippen LogP contribution in [0.3, 0.4) is 0 Å². The van der Waals surface area contributed by atoms with E-state index in [-0.39, 0.29) is 51.3 Å². The van der Waals surface area contributed by atoms with Crippen LogP contribution in [0.1, 0.15) is 43.1 Å². The molecule has 0 radical (unpaired) electrons. The summed E-state index contributed by atoms with van der Waals surface area (Å²) in [5.74, 6) is -1.21. The van der Waals surface area contributed by atoms with Crippen molar-refractivity contribution in [1.82, 2.24) is 25.1 Å². The molecule has 3 amide bonds. The molecule has 0 bridgehead atoms. The topological polar surface area (TPSA) is 154 Å². The highest BCUT2D eigenvalue weighted by atomic mass is 16.6. The highest BCUT2D eigenvalue weighted by molar-refractivity contribution is 5.97. The van der Waals surface area contributed by atoms with Crippen LogP contribution in [0.15, 0.2) is 36.4 Å². The van der Waals surface area contributed by atoms with Gasteiger partial charge in [-0.3, -0.25) is 14.4 Å². The average molecular weight is 525 g/mol. The van der Waals surface area contributed by atoms with Gasteiger partial charge in [0.1, 0.15) is 17.6 Å². The largest absolute Gasteiger partial charge is 0.481 e. The number of anilines is 1. The second kappa shape index (κ2) is 12.3. The van der Waals surface area contributed by atoms with Crippen molar-refractivity contribution in [2.45, 2.75) is 44.7 Å². The summed E-state index contributed by atoms with van der Waals surface area (Å²) in [6.07, 6.45) is 1.21. The Labute approximate surface area is 220 Å². The van der Waals surface area contributed by atoms with Gasteiger partial charge in [0.2, 0.25) is 5.91 Å². The SMILES string of the molecule is CCOC(=O)N1CCN(C(=O)C(CCC(=O)O)NC(=O)c2cc(NC3CC3)nc(-c3ccccc3)n2)CC1. The Bertz CT molecular complexity index is 1160. The molecule has 2 fully saturated rings. The zero-order valence-corrected chi connectivity index (χ0v) is 21.3. The summed E-state index contributed by atoms with van der Waals surface area (Å²) < 4.78 is 5.01. The molecule has 12 nitrogen and oxygen atoms in total. The van der Waals surface area contributed by atoms with Crippen molar-refractivity contribution >= 4 is 29.7 Å². The van der Waals surface area contributed by atoms with Gasteiger partial charge in [0.15, 0.2) is 5.82 Å². The summed E-state index contributed by atoms with van der Waals surface area (Å²) in [5, 5.41) is 15.2. The molecule has 1 saturated carbocycles. The standard InChI is InChI=1S/C26H32N6O6/c1-2-38-26(37)32-14-12-31(13-15-32)25(36)19(10-11-22(33)34)29-24(35)20-16-21(27-18-8-9-18)30-23(28-20)17-6-4-3-5-7-17/h3-7,16,18-19H,2,8-15H2,1H3,(H,29,35)(H,33,34)(H,27,28,30). The predicted octanol–water partition coefficient (Wildman–Crippen LogP) is 1.98. The van der Waals surface area contributed by atoms with Crippen molar-refractivity contribution in [3.63, 3.8) is 0 Å². The van der Waals surface area contributed by atoms with E-state index in [0.717, 1.165) is 18.4 Å². The maximum absolute atomic E-state index is 13.3. The van der Waals surface area contributed by atoms with Crippen LogP contribution in [0.5, 0.6) is 0 Å². The van der Waals surface area contributed by atoms with Gasteiger partial charge in [0.25, 0.3) is 5.91 Å². The van der Waals surface area contributed by atoms with Crippen molar-refractivity contribution in [2.75, 3.05) is 38.1 Å². The molecule has 2 heterocycles. The number of carboxylic acids is 1. The molecule has 12 heteroatoms. The number of carboxylic acid groups (broad SMARTS) is 1. The number of nitrogens with zero attached hydrogens (tertiary/aromatic N) is 4. The third-order valence-electron chi connectivity index (χ3n) is 6.29. The Morgan fingerprint density at radius 2 is 1.74 bits per heavy atom. The first-order valence-electron chi connectivity index (χ1n) is 12.8. The maximum atomic E-state index is 13.3. The maximum Gasteiger partial charge on any atom is 0.409 e. The number of hydrogen-bond donors (Lipinski definition) is 3. The Morgan fingerprint density at radius 3 is 2.37 bits per heavy atom. The van der Waals surface area contributed by atoms with Crippen molar-refractivity contribution in [1.29, 1.82) is 0 Å². The van der Waals surface area contributed by atoms with Crippen LogP contribution in [0.2, 0.25) is 0 Å². The Morgan fingerprint density at radius 1 is 1.05 bits per heavy atom. The van der Waals surface area contributed by atoms with Crippen molar-refractivity contribution < 1.29 is 29.0 Å². The van der Waals surface area contributed by atoms with Crippen LogP contribution in [-0.2, 0) is 14.3 Å². The molecule has 4 rings (SSSR count). The molecular weight excluding hydrogens is 492 g/mol. The first-order chi connectivity index (χ1) is 18.3. The van der Waals surface area contributed by atoms with Gasteiger partial charge in [-0.1, -0.05) is 30.3 Å². The third-order valence-corrected chi connectivity index (χ3v) is 6.29. The molecule has 2 aliphatic rings. The minimum absolute atomic E-state index is 0.0715. The van der Waals surface area contributed by atoms with Gasteiger partial charge in [0.05, 0.1) is 6.61 Å². The number of benzene rings is 1. The average Bonchev–Trinajstić information content (AvgIpc) is 3.75. The summed E-state index contributed by atoms with van der Waals surface area (Å²) >= 11 is 0. The molecule has 1 unspecified atom stereocenters. The Kier molecular flexibility index (Phi) is 8.72. The number of carbonyl (C=O) groups excluding carboxylic acids is 3. The van der Waals surface area contributed by atoms with E-state index < -0.39 is 29.9 Å². The fourth-order valence-corrected chi connectivity index (χ4v) is 4.09. The lowest BCUT2D eigenvalue weighted by molar-refractivity contribution is -0.138. The number of aromatic nitrogens is 2. The highest BCUT2D eigenvalue weighted by Gasteiger charge is 2.31. The second-order valence-electron chi connectivity index (χ2n) is 9.22. The van der Waals surface area contributed by atoms with Crippen LogP contribution in [0, 0.1) is 0 Å². The van der Waals surface area contributed by atoms with Gasteiger partial charge in [-0.25, -0.2) is 14.8 Å². The van der Waals surface area contributed by atoms with Gasteiger partial charge in [-0.05, 0) is 26.2 Å². The number of nitrogens with one attached hydrogen (secondary N) is 2. The number of carbonyl (C=O) groups is 4. The van der Waals surface area contributed by atoms with E-state index >= 15 is 0 Å². The van der Waals surface area contributed by atoms with Gasteiger partial charge < -0.3 is 30.3 Å². The molecule has 0 spiro atoms. The molecule has 1 aromatic carbocycles. The molecule has 2 aromatic rings. The number of hydrogen-bond acceptors (Lipinski definition) is 8. The smallest absolute Gasteiger partial charge is 0.409 e. The lowest BCUT2D eigenvalue weighted by Gasteiger charge is -2.35. The Hall–Kier alpha value is -4.22. The molecule has 202 valence electrons. The zero-order chi connectivity index (χ0) is 27.1. The quantitative estimate of drug-likeness (QED) is 0.423. The monoisotopic (exact) mass is 524 g/mol. The van der Waals surface area contributed by atoms with Crippen LogP contribution in [0.4, 0.5) is 10.6 Å². The van der Waals surface area contributed by atoms with Crippen molar-refractivity contribution in [3.8, 4) is 11.4 Å². The van der Waals surface area contributed by atoms with Crippen LogP contribution < -0.4 is 10.6 Å². The van der Waals surface area contributed by atoms with E-state index in [0.29, 0.717) is 17.7 Å². The third kappa shape index (κ3) is 7.17. The fourth-order valence-electron chi connectivity index (χ4n) is 4.09. The highest BCUT2D eigenvalue weighted by Crippen LogP contribution is 2.25. The van der Waals surface area contributed by atoms with Crippen LogP contribution in [-0.4, -0.2) is 93.6 Å². The number of rotatable bonds is 10.